The van der Waals surface area contributed by atoms with E-state index in [-0.39, 0.29) is 103 Å². The smallest absolute Gasteiger partial charge is 0.429 e. The molecule has 0 spiro atoms. The average Bonchev–Trinajstić information content (AvgIpc) is 1.76. The number of likely N-dealkylation sites (N-methyl/N-ethyl adjacent to an activating group) is 1. The summed E-state index contributed by atoms with van der Waals surface area (Å²) in [5.74, 6) is -4.91. The Morgan fingerprint density at radius 1 is 0.526 bits per heavy atom. The normalized spacial score (nSPS) is 17.7. The molecule has 7 amide bonds. The highest BCUT2D eigenvalue weighted by atomic mass is 16.7. The maximum atomic E-state index is 16.1. The Morgan fingerprint density at radius 2 is 1.02 bits per heavy atom. The summed E-state index contributed by atoms with van der Waals surface area (Å²) in [5, 5.41) is 8.72. The molecule has 3 fully saturated rings. The molecule has 6 aromatic carbocycles. The Hall–Kier alpha value is -10.3. The van der Waals surface area contributed by atoms with Crippen LogP contribution in [0.5, 0.6) is 5.75 Å². The molecule has 0 bridgehead atoms. The van der Waals surface area contributed by atoms with Crippen LogP contribution in [0.4, 0.5) is 14.4 Å². The molecule has 5 atom stereocenters. The minimum Gasteiger partial charge on any atom is -0.497 e. The number of nitrogens with one attached hydrogen (secondary N) is 1. The number of hydrogen-bond acceptors (Lipinski definition) is 16. The van der Waals surface area contributed by atoms with Gasteiger partial charge in [0.2, 0.25) is 11.8 Å². The van der Waals surface area contributed by atoms with Crippen LogP contribution in [0.3, 0.4) is 0 Å². The summed E-state index contributed by atoms with van der Waals surface area (Å²) in [6.45, 7) is 4.19. The van der Waals surface area contributed by atoms with Crippen LogP contribution in [-0.4, -0.2) is 160 Å². The van der Waals surface area contributed by atoms with Crippen molar-refractivity contribution in [2.24, 2.45) is 5.92 Å². The van der Waals surface area contributed by atoms with Crippen LogP contribution in [0.2, 0.25) is 0 Å². The second-order valence-electron chi connectivity index (χ2n) is 24.3. The summed E-state index contributed by atoms with van der Waals surface area (Å²) in [4.78, 5) is 141. The fourth-order valence-corrected chi connectivity index (χ4v) is 12.4. The Kier molecular flexibility index (Phi) is 22.5. The molecule has 0 radical (unpaired) electrons. The van der Waals surface area contributed by atoms with Gasteiger partial charge in [0, 0.05) is 26.1 Å². The van der Waals surface area contributed by atoms with Gasteiger partial charge in [0.1, 0.15) is 62.4 Å². The lowest BCUT2D eigenvalue weighted by atomic mass is 9.98. The first-order valence-corrected chi connectivity index (χ1v) is 32.1. The summed E-state index contributed by atoms with van der Waals surface area (Å²) in [5.41, 5.74) is 6.32. The standard InChI is InChI=1S/C72H80N8O15/c1-48(2)42-60(69(86)91-44-53-35-37-54(90-5)38-36-53)73-65(82)61-32-19-39-75(70(87)92-45-51-24-11-7-12-25-51)78(61)66(83)49(3)74(4)67(84)62-34-21-41-77(95-64(81)43-50-22-9-6-10-23-50)79(62)68(85)63-33-20-40-76(71(88)93-46-52-26-13-8-14-27-52)80(63)72(89)94-47-59-57-30-17-15-28-55(57)56-29-16-18-31-58(56)59/h6-18,22-31,35-38,48-49,59-63H,19-21,32-34,39-47H2,1-5H3,(H,73,82)/t49-,60-,61+,62+,63-/m0/s1. The number of carbonyl (C=O) groups is 9. The number of hydroxylamine groups is 1. The SMILES string of the molecule is COc1ccc(COC(=O)[C@H](CC(C)C)NC(=O)[C@H]2CCCN(C(=O)OCc3ccccc3)N2C(=O)[C@H](C)N(C)C(=O)[C@H]2CCCN(OC(=O)Cc3ccccc3)N2C(=O)[C@@H]2CCCN(C(=O)OCc3ccccc3)N2C(=O)OCC2c3ccccc3-c3ccccc32)cc1. The second kappa shape index (κ2) is 31.6. The van der Waals surface area contributed by atoms with Gasteiger partial charge < -0.3 is 38.7 Å². The molecule has 3 heterocycles. The monoisotopic (exact) mass is 1300 g/mol. The van der Waals surface area contributed by atoms with Gasteiger partial charge in [-0.15, -0.1) is 0 Å². The van der Waals surface area contributed by atoms with Gasteiger partial charge in [-0.25, -0.2) is 49.0 Å². The van der Waals surface area contributed by atoms with E-state index >= 15 is 19.2 Å². The molecular formula is C72H80N8O15. The third-order valence-corrected chi connectivity index (χ3v) is 17.4. The molecule has 23 heteroatoms. The number of rotatable bonds is 21. The first-order valence-electron chi connectivity index (χ1n) is 32.1. The Bertz CT molecular complexity index is 3650. The van der Waals surface area contributed by atoms with Crippen molar-refractivity contribution < 1.29 is 71.7 Å². The van der Waals surface area contributed by atoms with Crippen LogP contribution in [-0.2, 0) is 78.8 Å². The van der Waals surface area contributed by atoms with Gasteiger partial charge in [0.15, 0.2) is 0 Å². The lowest BCUT2D eigenvalue weighted by molar-refractivity contribution is -0.283. The van der Waals surface area contributed by atoms with Crippen LogP contribution in [0, 0.1) is 5.92 Å². The minimum absolute atomic E-state index is 0.0201. The van der Waals surface area contributed by atoms with Crippen molar-refractivity contribution in [3.63, 3.8) is 0 Å². The molecule has 0 aromatic heterocycles. The zero-order valence-electron chi connectivity index (χ0n) is 54.0. The number of esters is 1. The maximum absolute atomic E-state index is 16.1. The molecule has 10 rings (SSSR count). The number of methoxy groups -OCH3 is 1. The number of nitrogens with zero attached hydrogens (tertiary/aromatic N) is 7. The highest BCUT2D eigenvalue weighted by Crippen LogP contribution is 2.45. The van der Waals surface area contributed by atoms with Gasteiger partial charge in [-0.3, -0.25) is 19.2 Å². The van der Waals surface area contributed by atoms with E-state index in [0.717, 1.165) is 57.4 Å². The predicted octanol–water partition coefficient (Wildman–Crippen LogP) is 9.54. The van der Waals surface area contributed by atoms with Crippen molar-refractivity contribution in [2.45, 2.75) is 128 Å². The zero-order valence-corrected chi connectivity index (χ0v) is 54.0. The van der Waals surface area contributed by atoms with E-state index in [1.54, 1.807) is 109 Å². The number of fused-ring (bicyclic) bond motifs is 3. The summed E-state index contributed by atoms with van der Waals surface area (Å²) < 4.78 is 28.8. The fraction of sp³-hybridized carbons (Fsp3) is 0.375. The predicted molar refractivity (Wildman–Crippen MR) is 346 cm³/mol. The summed E-state index contributed by atoms with van der Waals surface area (Å²) in [7, 11) is 2.87. The van der Waals surface area contributed by atoms with Gasteiger partial charge in [0.25, 0.3) is 11.8 Å². The van der Waals surface area contributed by atoms with Crippen molar-refractivity contribution in [2.75, 3.05) is 40.4 Å². The van der Waals surface area contributed by atoms with E-state index in [1.165, 1.54) is 21.1 Å². The number of amides is 7. The van der Waals surface area contributed by atoms with Crippen molar-refractivity contribution in [3.8, 4) is 16.9 Å². The third kappa shape index (κ3) is 16.2. The largest absolute Gasteiger partial charge is 0.497 e. The van der Waals surface area contributed by atoms with Crippen LogP contribution in [0.1, 0.15) is 105 Å². The molecule has 1 N–H and O–H groups in total. The van der Waals surface area contributed by atoms with E-state index in [2.05, 4.69) is 5.32 Å². The van der Waals surface area contributed by atoms with Gasteiger partial charge in [-0.1, -0.05) is 166 Å². The van der Waals surface area contributed by atoms with Crippen molar-refractivity contribution in [1.29, 1.82) is 0 Å². The topological polar surface area (TPSA) is 244 Å². The van der Waals surface area contributed by atoms with E-state index in [4.69, 9.17) is 28.5 Å². The molecule has 0 saturated carbocycles. The van der Waals surface area contributed by atoms with E-state index in [1.807, 2.05) is 68.4 Å². The van der Waals surface area contributed by atoms with Crippen LogP contribution in [0.15, 0.2) is 164 Å². The number of hydrazine groups is 3. The highest BCUT2D eigenvalue weighted by molar-refractivity contribution is 5.97. The van der Waals surface area contributed by atoms with E-state index in [9.17, 15) is 24.0 Å². The molecule has 95 heavy (non-hydrogen) atoms. The van der Waals surface area contributed by atoms with Gasteiger partial charge in [-0.2, -0.15) is 0 Å². The lowest BCUT2D eigenvalue weighted by Gasteiger charge is -2.48. The van der Waals surface area contributed by atoms with E-state index in [0.29, 0.717) is 28.0 Å². The number of hydrogen-bond donors (Lipinski definition) is 1. The Labute approximate surface area is 552 Å². The van der Waals surface area contributed by atoms with Gasteiger partial charge in [0.05, 0.1) is 20.1 Å². The summed E-state index contributed by atoms with van der Waals surface area (Å²) >= 11 is 0. The van der Waals surface area contributed by atoms with Crippen LogP contribution in [0.25, 0.3) is 11.1 Å². The molecular weight excluding hydrogens is 1220 g/mol. The summed E-state index contributed by atoms with van der Waals surface area (Å²) in [6, 6.07) is 41.7. The number of carbonyl (C=O) groups excluding carboxylic acids is 9. The minimum atomic E-state index is -1.58. The number of benzene rings is 6. The van der Waals surface area contributed by atoms with Crippen LogP contribution >= 0.6 is 0 Å². The van der Waals surface area contributed by atoms with Gasteiger partial charge >= 0.3 is 30.2 Å². The van der Waals surface area contributed by atoms with Crippen molar-refractivity contribution in [3.05, 3.63) is 197 Å². The van der Waals surface area contributed by atoms with Crippen LogP contribution < -0.4 is 10.1 Å². The molecule has 1 aliphatic carbocycles. The summed E-state index contributed by atoms with van der Waals surface area (Å²) in [6.07, 6.45) is -2.64. The average molecular weight is 1300 g/mol. The lowest BCUT2D eigenvalue weighted by Crippen LogP contribution is -2.69. The van der Waals surface area contributed by atoms with Crippen molar-refractivity contribution >= 4 is 53.8 Å². The highest BCUT2D eigenvalue weighted by Gasteiger charge is 2.51. The number of ether oxygens (including phenoxy) is 5. The third-order valence-electron chi connectivity index (χ3n) is 17.4. The first-order chi connectivity index (χ1) is 46.0. The zero-order chi connectivity index (χ0) is 67.1. The molecule has 0 unspecified atom stereocenters. The molecule has 3 aliphatic heterocycles. The van der Waals surface area contributed by atoms with E-state index < -0.39 is 90.0 Å². The van der Waals surface area contributed by atoms with Gasteiger partial charge in [-0.05, 0) is 120 Å². The van der Waals surface area contributed by atoms with Crippen molar-refractivity contribution in [1.82, 2.24) is 40.4 Å². The molecule has 23 nitrogen and oxygen atoms in total. The molecule has 4 aliphatic rings. The second-order valence-corrected chi connectivity index (χ2v) is 24.3. The maximum Gasteiger partial charge on any atom is 0.429 e. The Balaban J connectivity index is 0.951. The fourth-order valence-electron chi connectivity index (χ4n) is 12.4. The molecule has 6 aromatic rings. The molecule has 3 saturated heterocycles. The quantitative estimate of drug-likeness (QED) is 0.0521. The molecule has 498 valence electrons. The first kappa shape index (κ1) is 67.6. The Morgan fingerprint density at radius 3 is 1.59 bits per heavy atom.